The molecule has 6 heteroatoms. The minimum Gasteiger partial charge on any atom is -0.504 e. The largest absolute Gasteiger partial charge is 0.504 e. The number of carboxylic acid groups (broad SMARTS) is 2. The molecule has 156 valence electrons. The van der Waals surface area contributed by atoms with Crippen molar-refractivity contribution >= 4 is 11.9 Å². The summed E-state index contributed by atoms with van der Waals surface area (Å²) < 4.78 is 0. The second-order valence-corrected chi connectivity index (χ2v) is 8.76. The van der Waals surface area contributed by atoms with Gasteiger partial charge in [-0.05, 0) is 76.8 Å². The van der Waals surface area contributed by atoms with Crippen LogP contribution in [0.2, 0.25) is 0 Å². The molecule has 2 rings (SSSR count). The Morgan fingerprint density at radius 2 is 1.64 bits per heavy atom. The van der Waals surface area contributed by atoms with Gasteiger partial charge in [-0.25, -0.2) is 0 Å². The number of benzene rings is 1. The summed E-state index contributed by atoms with van der Waals surface area (Å²) in [5.41, 5.74) is 0.407. The van der Waals surface area contributed by atoms with Crippen LogP contribution in [0.1, 0.15) is 76.3 Å². The van der Waals surface area contributed by atoms with Crippen LogP contribution in [0.3, 0.4) is 0 Å². The predicted molar refractivity (Wildman–Crippen MR) is 106 cm³/mol. The van der Waals surface area contributed by atoms with Crippen LogP contribution in [0, 0.1) is 10.8 Å². The first-order valence-corrected chi connectivity index (χ1v) is 10.1. The van der Waals surface area contributed by atoms with Gasteiger partial charge in [0, 0.05) is 5.56 Å². The number of hydrogen-bond donors (Lipinski definition) is 4. The topological polar surface area (TPSA) is 115 Å². The first-order valence-electron chi connectivity index (χ1n) is 10.1. The molecule has 1 aliphatic rings. The number of rotatable bonds is 12. The molecule has 0 saturated heterocycles. The summed E-state index contributed by atoms with van der Waals surface area (Å²) in [6.07, 6.45) is 7.15. The van der Waals surface area contributed by atoms with E-state index in [9.17, 15) is 30.0 Å². The highest BCUT2D eigenvalue weighted by molar-refractivity contribution is 5.77. The van der Waals surface area contributed by atoms with Gasteiger partial charge in [0.25, 0.3) is 0 Å². The highest BCUT2D eigenvalue weighted by Gasteiger charge is 2.49. The zero-order chi connectivity index (χ0) is 20.9. The Bertz CT molecular complexity index is 718. The first kappa shape index (κ1) is 22.1. The Morgan fingerprint density at radius 3 is 2.21 bits per heavy atom. The molecular weight excluding hydrogens is 360 g/mol. The maximum absolute atomic E-state index is 11.2. The lowest BCUT2D eigenvalue weighted by atomic mass is 9.86. The molecule has 0 bridgehead atoms. The molecule has 0 aliphatic heterocycles. The van der Waals surface area contributed by atoms with Crippen LogP contribution in [0.25, 0.3) is 0 Å². The quantitative estimate of drug-likeness (QED) is 0.307. The van der Waals surface area contributed by atoms with Gasteiger partial charge in [0.05, 0.1) is 10.8 Å². The number of hydrogen-bond acceptors (Lipinski definition) is 4. The SMILES string of the molecule is CC(C)(CCCCc1c(CCCCC2(C(=O)O)CC2)ccc(O)c1O)C(=O)O. The van der Waals surface area contributed by atoms with Crippen LogP contribution in [0.4, 0.5) is 0 Å². The summed E-state index contributed by atoms with van der Waals surface area (Å²) in [4.78, 5) is 22.4. The molecule has 0 heterocycles. The van der Waals surface area contributed by atoms with Crippen LogP contribution in [-0.2, 0) is 22.4 Å². The molecule has 1 aromatic rings. The third kappa shape index (κ3) is 5.40. The van der Waals surface area contributed by atoms with Gasteiger partial charge in [0.1, 0.15) is 0 Å². The lowest BCUT2D eigenvalue weighted by molar-refractivity contribution is -0.147. The Balaban J connectivity index is 1.89. The Hall–Kier alpha value is -2.24. The lowest BCUT2D eigenvalue weighted by Crippen LogP contribution is -2.23. The van der Waals surface area contributed by atoms with E-state index in [2.05, 4.69) is 0 Å². The van der Waals surface area contributed by atoms with E-state index >= 15 is 0 Å². The molecule has 4 N–H and O–H groups in total. The Kier molecular flexibility index (Phi) is 6.96. The van der Waals surface area contributed by atoms with Gasteiger partial charge in [-0.3, -0.25) is 9.59 Å². The summed E-state index contributed by atoms with van der Waals surface area (Å²) in [6.45, 7) is 3.41. The van der Waals surface area contributed by atoms with E-state index < -0.39 is 22.8 Å². The molecule has 0 radical (unpaired) electrons. The van der Waals surface area contributed by atoms with Gasteiger partial charge in [-0.15, -0.1) is 0 Å². The van der Waals surface area contributed by atoms with E-state index in [0.717, 1.165) is 50.5 Å². The highest BCUT2D eigenvalue weighted by atomic mass is 16.4. The van der Waals surface area contributed by atoms with Crippen LogP contribution >= 0.6 is 0 Å². The van der Waals surface area contributed by atoms with Crippen molar-refractivity contribution in [3.8, 4) is 11.5 Å². The fraction of sp³-hybridized carbons (Fsp3) is 0.636. The molecule has 1 fully saturated rings. The molecule has 0 spiro atoms. The predicted octanol–water partition coefficient (Wildman–Crippen LogP) is 4.50. The number of aryl methyl sites for hydroxylation is 1. The molecule has 0 unspecified atom stereocenters. The monoisotopic (exact) mass is 392 g/mol. The molecule has 28 heavy (non-hydrogen) atoms. The van der Waals surface area contributed by atoms with Crippen molar-refractivity contribution in [2.75, 3.05) is 0 Å². The average Bonchev–Trinajstić information content (AvgIpc) is 3.41. The van der Waals surface area contributed by atoms with Crippen molar-refractivity contribution in [2.24, 2.45) is 10.8 Å². The average molecular weight is 392 g/mol. The normalized spacial score (nSPS) is 15.4. The summed E-state index contributed by atoms with van der Waals surface area (Å²) in [7, 11) is 0. The van der Waals surface area contributed by atoms with E-state index in [1.54, 1.807) is 13.8 Å². The third-order valence-corrected chi connectivity index (χ3v) is 6.07. The first-order chi connectivity index (χ1) is 13.1. The molecule has 0 atom stereocenters. The van der Waals surface area contributed by atoms with Crippen LogP contribution < -0.4 is 0 Å². The van der Waals surface area contributed by atoms with E-state index in [-0.39, 0.29) is 11.5 Å². The second kappa shape index (κ2) is 8.84. The van der Waals surface area contributed by atoms with Crippen molar-refractivity contribution in [3.05, 3.63) is 23.3 Å². The van der Waals surface area contributed by atoms with E-state index in [4.69, 9.17) is 0 Å². The Morgan fingerprint density at radius 1 is 1.00 bits per heavy atom. The number of unbranched alkanes of at least 4 members (excludes halogenated alkanes) is 2. The smallest absolute Gasteiger partial charge is 0.309 e. The van der Waals surface area contributed by atoms with Crippen molar-refractivity contribution in [2.45, 2.75) is 78.1 Å². The number of phenolic OH excluding ortho intramolecular Hbond substituents is 2. The van der Waals surface area contributed by atoms with Crippen molar-refractivity contribution < 1.29 is 30.0 Å². The van der Waals surface area contributed by atoms with Crippen molar-refractivity contribution in [1.82, 2.24) is 0 Å². The number of phenols is 2. The zero-order valence-electron chi connectivity index (χ0n) is 16.8. The zero-order valence-corrected chi connectivity index (χ0v) is 16.8. The fourth-order valence-corrected chi connectivity index (χ4v) is 3.66. The van der Waals surface area contributed by atoms with Crippen molar-refractivity contribution in [3.63, 3.8) is 0 Å². The minimum absolute atomic E-state index is 0.0980. The van der Waals surface area contributed by atoms with E-state index in [1.807, 2.05) is 6.07 Å². The summed E-state index contributed by atoms with van der Waals surface area (Å²) in [5, 5.41) is 38.5. The van der Waals surface area contributed by atoms with E-state index in [1.165, 1.54) is 6.07 Å². The van der Waals surface area contributed by atoms with Gasteiger partial charge < -0.3 is 20.4 Å². The number of aromatic hydroxyl groups is 2. The number of carbonyl (C=O) groups is 2. The standard InChI is InChI=1S/C22H32O6/c1-21(2,19(25)26)11-5-4-8-16-15(9-10-17(23)18(16)24)7-3-6-12-22(13-14-22)20(27)28/h9-10,23-24H,3-8,11-14H2,1-2H3,(H,25,26)(H,27,28). The summed E-state index contributed by atoms with van der Waals surface area (Å²) >= 11 is 0. The van der Waals surface area contributed by atoms with Crippen LogP contribution in [-0.4, -0.2) is 32.4 Å². The van der Waals surface area contributed by atoms with Gasteiger partial charge in [-0.2, -0.15) is 0 Å². The molecule has 1 aromatic carbocycles. The summed E-state index contributed by atoms with van der Waals surface area (Å²) in [5.74, 6) is -1.76. The maximum Gasteiger partial charge on any atom is 0.309 e. The molecule has 1 saturated carbocycles. The van der Waals surface area contributed by atoms with Gasteiger partial charge >= 0.3 is 11.9 Å². The molecule has 0 amide bonds. The van der Waals surface area contributed by atoms with Crippen molar-refractivity contribution in [1.29, 1.82) is 0 Å². The molecular formula is C22H32O6. The lowest BCUT2D eigenvalue weighted by Gasteiger charge is -2.19. The third-order valence-electron chi connectivity index (χ3n) is 6.07. The van der Waals surface area contributed by atoms with Gasteiger partial charge in [0.15, 0.2) is 11.5 Å². The Labute approximate surface area is 166 Å². The van der Waals surface area contributed by atoms with Crippen LogP contribution in [0.5, 0.6) is 11.5 Å². The van der Waals surface area contributed by atoms with Crippen LogP contribution in [0.15, 0.2) is 12.1 Å². The molecule has 6 nitrogen and oxygen atoms in total. The summed E-state index contributed by atoms with van der Waals surface area (Å²) in [6, 6.07) is 3.30. The number of aliphatic carboxylic acids is 2. The minimum atomic E-state index is -0.816. The fourth-order valence-electron chi connectivity index (χ4n) is 3.66. The molecule has 0 aromatic heterocycles. The second-order valence-electron chi connectivity index (χ2n) is 8.76. The van der Waals surface area contributed by atoms with Gasteiger partial charge in [-0.1, -0.05) is 18.9 Å². The van der Waals surface area contributed by atoms with E-state index in [0.29, 0.717) is 24.8 Å². The highest BCUT2D eigenvalue weighted by Crippen LogP contribution is 2.50. The number of carboxylic acids is 2. The molecule has 1 aliphatic carbocycles. The maximum atomic E-state index is 11.2. The van der Waals surface area contributed by atoms with Gasteiger partial charge in [0.2, 0.25) is 0 Å².